The van der Waals surface area contributed by atoms with Crippen LogP contribution in [0.3, 0.4) is 0 Å². The van der Waals surface area contributed by atoms with Crippen LogP contribution in [0.4, 0.5) is 0 Å². The SMILES string of the molecule is CC(O)/C=C\c1ccco1. The van der Waals surface area contributed by atoms with Crippen LogP contribution in [0.5, 0.6) is 0 Å². The highest BCUT2D eigenvalue weighted by atomic mass is 16.3. The first-order valence-electron chi connectivity index (χ1n) is 3.19. The standard InChI is InChI=1S/C8H10O2/c1-7(9)4-5-8-3-2-6-10-8/h2-7,9H,1H3/b5-4-. The van der Waals surface area contributed by atoms with Gasteiger partial charge in [0.1, 0.15) is 5.76 Å². The second-order valence-corrected chi connectivity index (χ2v) is 2.12. The highest BCUT2D eigenvalue weighted by Crippen LogP contribution is 2.02. The Balaban J connectivity index is 2.55. The summed E-state index contributed by atoms with van der Waals surface area (Å²) in [6, 6.07) is 3.64. The summed E-state index contributed by atoms with van der Waals surface area (Å²) in [4.78, 5) is 0. The van der Waals surface area contributed by atoms with Gasteiger partial charge in [-0.1, -0.05) is 6.08 Å². The molecule has 0 aliphatic carbocycles. The Labute approximate surface area is 59.8 Å². The van der Waals surface area contributed by atoms with E-state index >= 15 is 0 Å². The number of hydrogen-bond donors (Lipinski definition) is 1. The topological polar surface area (TPSA) is 33.4 Å². The van der Waals surface area contributed by atoms with Crippen molar-refractivity contribution >= 4 is 6.08 Å². The first-order chi connectivity index (χ1) is 4.79. The van der Waals surface area contributed by atoms with Crippen LogP contribution in [-0.2, 0) is 0 Å². The summed E-state index contributed by atoms with van der Waals surface area (Å²) in [5.41, 5.74) is 0. The lowest BCUT2D eigenvalue weighted by atomic mass is 10.3. The van der Waals surface area contributed by atoms with Crippen molar-refractivity contribution in [2.45, 2.75) is 13.0 Å². The molecule has 1 N–H and O–H groups in total. The first-order valence-corrected chi connectivity index (χ1v) is 3.19. The van der Waals surface area contributed by atoms with Gasteiger partial charge >= 0.3 is 0 Å². The van der Waals surface area contributed by atoms with E-state index in [2.05, 4.69) is 0 Å². The van der Waals surface area contributed by atoms with Crippen LogP contribution >= 0.6 is 0 Å². The molecule has 1 atom stereocenters. The van der Waals surface area contributed by atoms with Crippen molar-refractivity contribution in [1.82, 2.24) is 0 Å². The largest absolute Gasteiger partial charge is 0.465 e. The number of hydrogen-bond acceptors (Lipinski definition) is 2. The average Bonchev–Trinajstić information content (AvgIpc) is 2.34. The second-order valence-electron chi connectivity index (χ2n) is 2.12. The third kappa shape index (κ3) is 2.07. The van der Waals surface area contributed by atoms with Crippen molar-refractivity contribution < 1.29 is 9.52 Å². The molecule has 0 aliphatic heterocycles. The molecule has 0 spiro atoms. The summed E-state index contributed by atoms with van der Waals surface area (Å²) in [5, 5.41) is 8.82. The van der Waals surface area contributed by atoms with Gasteiger partial charge in [0, 0.05) is 0 Å². The maximum Gasteiger partial charge on any atom is 0.126 e. The van der Waals surface area contributed by atoms with Crippen LogP contribution in [0.25, 0.3) is 6.08 Å². The molecule has 54 valence electrons. The van der Waals surface area contributed by atoms with E-state index in [1.54, 1.807) is 25.3 Å². The Bertz CT molecular complexity index is 197. The van der Waals surface area contributed by atoms with E-state index in [4.69, 9.17) is 9.52 Å². The fraction of sp³-hybridized carbons (Fsp3) is 0.250. The van der Waals surface area contributed by atoms with Gasteiger partial charge in [-0.25, -0.2) is 0 Å². The molecule has 0 aromatic carbocycles. The van der Waals surface area contributed by atoms with Gasteiger partial charge in [0.05, 0.1) is 12.4 Å². The van der Waals surface area contributed by atoms with E-state index in [0.717, 1.165) is 5.76 Å². The molecule has 0 amide bonds. The molecule has 0 radical (unpaired) electrons. The summed E-state index contributed by atoms with van der Waals surface area (Å²) >= 11 is 0. The second kappa shape index (κ2) is 3.22. The number of furan rings is 1. The van der Waals surface area contributed by atoms with Gasteiger partial charge in [-0.05, 0) is 25.1 Å². The molecule has 2 nitrogen and oxygen atoms in total. The quantitative estimate of drug-likeness (QED) is 0.674. The lowest BCUT2D eigenvalue weighted by Gasteiger charge is -1.90. The Kier molecular flexibility index (Phi) is 2.29. The van der Waals surface area contributed by atoms with Crippen molar-refractivity contribution in [3.05, 3.63) is 30.2 Å². The Morgan fingerprint density at radius 2 is 2.50 bits per heavy atom. The lowest BCUT2D eigenvalue weighted by Crippen LogP contribution is -1.90. The summed E-state index contributed by atoms with van der Waals surface area (Å²) in [6.07, 6.45) is 4.59. The third-order valence-corrected chi connectivity index (χ3v) is 1.08. The van der Waals surface area contributed by atoms with Gasteiger partial charge in [0.2, 0.25) is 0 Å². The van der Waals surface area contributed by atoms with Gasteiger partial charge in [-0.3, -0.25) is 0 Å². The Morgan fingerprint density at radius 3 is 3.00 bits per heavy atom. The van der Waals surface area contributed by atoms with Gasteiger partial charge in [0.15, 0.2) is 0 Å². The fourth-order valence-electron chi connectivity index (χ4n) is 0.620. The summed E-state index contributed by atoms with van der Waals surface area (Å²) in [5.74, 6) is 0.765. The smallest absolute Gasteiger partial charge is 0.126 e. The zero-order valence-corrected chi connectivity index (χ0v) is 5.82. The zero-order chi connectivity index (χ0) is 7.40. The first kappa shape index (κ1) is 7.09. The van der Waals surface area contributed by atoms with Gasteiger partial charge in [-0.2, -0.15) is 0 Å². The fourth-order valence-corrected chi connectivity index (χ4v) is 0.620. The average molecular weight is 138 g/mol. The Hall–Kier alpha value is -1.02. The van der Waals surface area contributed by atoms with E-state index in [0.29, 0.717) is 0 Å². The van der Waals surface area contributed by atoms with Crippen LogP contribution in [-0.4, -0.2) is 11.2 Å². The number of aliphatic hydroxyl groups excluding tert-OH is 1. The number of aliphatic hydroxyl groups is 1. The maximum atomic E-state index is 8.82. The summed E-state index contributed by atoms with van der Waals surface area (Å²) in [7, 11) is 0. The van der Waals surface area contributed by atoms with Crippen LogP contribution in [0.15, 0.2) is 28.9 Å². The summed E-state index contributed by atoms with van der Waals surface area (Å²) < 4.78 is 4.99. The van der Waals surface area contributed by atoms with Crippen LogP contribution < -0.4 is 0 Å². The minimum absolute atomic E-state index is 0.412. The molecule has 1 aromatic rings. The Morgan fingerprint density at radius 1 is 1.70 bits per heavy atom. The molecule has 0 aliphatic rings. The maximum absolute atomic E-state index is 8.82. The predicted octanol–water partition coefficient (Wildman–Crippen LogP) is 1.67. The molecule has 0 fully saturated rings. The van der Waals surface area contributed by atoms with Crippen LogP contribution in [0.2, 0.25) is 0 Å². The molecular formula is C8H10O2. The predicted molar refractivity (Wildman–Crippen MR) is 39.4 cm³/mol. The molecule has 0 saturated heterocycles. The van der Waals surface area contributed by atoms with E-state index < -0.39 is 6.10 Å². The van der Waals surface area contributed by atoms with Crippen molar-refractivity contribution in [2.24, 2.45) is 0 Å². The third-order valence-electron chi connectivity index (χ3n) is 1.08. The monoisotopic (exact) mass is 138 g/mol. The minimum atomic E-state index is -0.412. The van der Waals surface area contributed by atoms with E-state index in [1.807, 2.05) is 12.1 Å². The number of rotatable bonds is 2. The van der Waals surface area contributed by atoms with E-state index in [-0.39, 0.29) is 0 Å². The minimum Gasteiger partial charge on any atom is -0.465 e. The zero-order valence-electron chi connectivity index (χ0n) is 5.82. The molecule has 1 rings (SSSR count). The van der Waals surface area contributed by atoms with Gasteiger partial charge in [-0.15, -0.1) is 0 Å². The highest BCUT2D eigenvalue weighted by Gasteiger charge is 1.88. The molecule has 0 bridgehead atoms. The van der Waals surface area contributed by atoms with Crippen LogP contribution in [0.1, 0.15) is 12.7 Å². The molecule has 10 heavy (non-hydrogen) atoms. The molecule has 2 heteroatoms. The van der Waals surface area contributed by atoms with Crippen LogP contribution in [0, 0.1) is 0 Å². The highest BCUT2D eigenvalue weighted by molar-refractivity contribution is 5.42. The van der Waals surface area contributed by atoms with E-state index in [1.165, 1.54) is 0 Å². The molecule has 1 aromatic heterocycles. The van der Waals surface area contributed by atoms with Crippen molar-refractivity contribution in [3.63, 3.8) is 0 Å². The molecule has 1 heterocycles. The van der Waals surface area contributed by atoms with Crippen molar-refractivity contribution in [3.8, 4) is 0 Å². The van der Waals surface area contributed by atoms with Gasteiger partial charge in [0.25, 0.3) is 0 Å². The molecule has 0 saturated carbocycles. The van der Waals surface area contributed by atoms with Crippen molar-refractivity contribution in [1.29, 1.82) is 0 Å². The summed E-state index contributed by atoms with van der Waals surface area (Å²) in [6.45, 7) is 1.69. The molecular weight excluding hydrogens is 128 g/mol. The van der Waals surface area contributed by atoms with E-state index in [9.17, 15) is 0 Å². The molecule has 1 unspecified atom stereocenters. The van der Waals surface area contributed by atoms with Gasteiger partial charge < -0.3 is 9.52 Å². The normalized spacial score (nSPS) is 14.2. The lowest BCUT2D eigenvalue weighted by molar-refractivity contribution is 0.245. The van der Waals surface area contributed by atoms with Crippen molar-refractivity contribution in [2.75, 3.05) is 0 Å².